The van der Waals surface area contributed by atoms with Crippen LogP contribution in [-0.4, -0.2) is 21.8 Å². The minimum absolute atomic E-state index is 0. The van der Waals surface area contributed by atoms with Gasteiger partial charge >= 0.3 is 0 Å². The highest BCUT2D eigenvalue weighted by Crippen LogP contribution is 2.21. The van der Waals surface area contributed by atoms with E-state index in [0.29, 0.717) is 0 Å². The minimum atomic E-state index is 0. The van der Waals surface area contributed by atoms with Crippen molar-refractivity contribution in [3.63, 3.8) is 0 Å². The highest BCUT2D eigenvalue weighted by molar-refractivity contribution is 9.10. The largest absolute Gasteiger partial charge is 0.385 e. The summed E-state index contributed by atoms with van der Waals surface area (Å²) < 4.78 is 2.56. The molecule has 80 valence electrons. The molecule has 0 saturated carbocycles. The van der Waals surface area contributed by atoms with Crippen LogP contribution in [0.4, 0.5) is 5.69 Å². The molecule has 0 spiro atoms. The predicted molar refractivity (Wildman–Crippen MR) is 65.9 cm³/mol. The molecule has 4 nitrogen and oxygen atoms in total. The first-order valence-corrected chi connectivity index (χ1v) is 4.94. The first-order chi connectivity index (χ1) is 6.81. The van der Waals surface area contributed by atoms with Crippen molar-refractivity contribution in [2.45, 2.75) is 0 Å². The average molecular weight is 290 g/mol. The molecule has 15 heavy (non-hydrogen) atoms. The number of nitrogens with zero attached hydrogens (tertiary/aromatic N) is 3. The van der Waals surface area contributed by atoms with Gasteiger partial charge in [-0.2, -0.15) is 5.10 Å². The summed E-state index contributed by atoms with van der Waals surface area (Å²) in [6.07, 6.45) is 5.40. The molecule has 1 N–H and O–H groups in total. The van der Waals surface area contributed by atoms with E-state index in [9.17, 15) is 0 Å². The fraction of sp³-hybridized carbons (Fsp3) is 0.111. The van der Waals surface area contributed by atoms with E-state index in [1.807, 2.05) is 25.4 Å². The Morgan fingerprint density at radius 1 is 1.47 bits per heavy atom. The van der Waals surface area contributed by atoms with Crippen molar-refractivity contribution < 1.29 is 0 Å². The number of halogens is 2. The molecule has 0 fully saturated rings. The molecule has 0 aliphatic heterocycles. The lowest BCUT2D eigenvalue weighted by atomic mass is 10.4. The third-order valence-electron chi connectivity index (χ3n) is 1.85. The summed E-state index contributed by atoms with van der Waals surface area (Å²) >= 11 is 3.36. The lowest BCUT2D eigenvalue weighted by Crippen LogP contribution is -1.94. The van der Waals surface area contributed by atoms with Crippen molar-refractivity contribution >= 4 is 34.0 Å². The van der Waals surface area contributed by atoms with Crippen molar-refractivity contribution in [3.05, 3.63) is 35.3 Å². The number of pyridine rings is 1. The Bertz CT molecular complexity index is 429. The second-order valence-corrected chi connectivity index (χ2v) is 3.49. The van der Waals surface area contributed by atoms with E-state index in [1.165, 1.54) is 0 Å². The number of aromatic nitrogens is 3. The van der Waals surface area contributed by atoms with Crippen LogP contribution in [0.1, 0.15) is 0 Å². The summed E-state index contributed by atoms with van der Waals surface area (Å²) in [5.41, 5.74) is 1.89. The Kier molecular flexibility index (Phi) is 4.11. The van der Waals surface area contributed by atoms with Crippen LogP contribution >= 0.6 is 28.3 Å². The SMILES string of the molecule is CNc1cn(-c2cccnc2)nc1Br.Cl. The van der Waals surface area contributed by atoms with Gasteiger partial charge in [0, 0.05) is 13.2 Å². The number of rotatable bonds is 2. The van der Waals surface area contributed by atoms with E-state index >= 15 is 0 Å². The summed E-state index contributed by atoms with van der Waals surface area (Å²) in [5.74, 6) is 0. The van der Waals surface area contributed by atoms with Gasteiger partial charge in [-0.15, -0.1) is 12.4 Å². The van der Waals surface area contributed by atoms with E-state index in [4.69, 9.17) is 0 Å². The number of hydrogen-bond donors (Lipinski definition) is 1. The molecule has 2 rings (SSSR count). The maximum Gasteiger partial charge on any atom is 0.151 e. The standard InChI is InChI=1S/C9H9BrN4.ClH/c1-11-8-6-14(13-9(8)10)7-3-2-4-12-5-7;/h2-6,11H,1H3;1H. The summed E-state index contributed by atoms with van der Waals surface area (Å²) in [5, 5.41) is 7.32. The molecule has 0 aliphatic carbocycles. The van der Waals surface area contributed by atoms with Gasteiger partial charge in [-0.1, -0.05) is 0 Å². The summed E-state index contributed by atoms with van der Waals surface area (Å²) in [6, 6.07) is 3.83. The first kappa shape index (κ1) is 12.0. The predicted octanol–water partition coefficient (Wildman–Crippen LogP) is 2.49. The third-order valence-corrected chi connectivity index (χ3v) is 2.43. The van der Waals surface area contributed by atoms with Gasteiger partial charge in [-0.25, -0.2) is 4.68 Å². The van der Waals surface area contributed by atoms with Gasteiger partial charge in [0.1, 0.15) is 0 Å². The number of hydrogen-bond acceptors (Lipinski definition) is 3. The fourth-order valence-corrected chi connectivity index (χ4v) is 1.61. The second kappa shape index (κ2) is 5.14. The second-order valence-electron chi connectivity index (χ2n) is 2.74. The molecular formula is C9H10BrClN4. The summed E-state index contributed by atoms with van der Waals surface area (Å²) in [7, 11) is 1.86. The highest BCUT2D eigenvalue weighted by Gasteiger charge is 2.04. The van der Waals surface area contributed by atoms with Crippen molar-refractivity contribution in [3.8, 4) is 5.69 Å². The van der Waals surface area contributed by atoms with Crippen LogP contribution in [-0.2, 0) is 0 Å². The molecule has 2 aromatic rings. The molecule has 6 heteroatoms. The first-order valence-electron chi connectivity index (χ1n) is 4.14. The molecule has 0 atom stereocenters. The number of anilines is 1. The maximum absolute atomic E-state index is 4.28. The molecule has 2 aromatic heterocycles. The average Bonchev–Trinajstić information content (AvgIpc) is 2.61. The van der Waals surface area contributed by atoms with E-state index in [2.05, 4.69) is 31.3 Å². The summed E-state index contributed by atoms with van der Waals surface area (Å²) in [4.78, 5) is 4.03. The van der Waals surface area contributed by atoms with Crippen LogP contribution < -0.4 is 5.32 Å². The van der Waals surface area contributed by atoms with Crippen LogP contribution in [0, 0.1) is 0 Å². The van der Waals surface area contributed by atoms with E-state index < -0.39 is 0 Å². The molecule has 0 unspecified atom stereocenters. The molecule has 0 bridgehead atoms. The van der Waals surface area contributed by atoms with Crippen LogP contribution in [0.5, 0.6) is 0 Å². The lowest BCUT2D eigenvalue weighted by Gasteiger charge is -1.97. The van der Waals surface area contributed by atoms with Crippen molar-refractivity contribution in [2.24, 2.45) is 0 Å². The van der Waals surface area contributed by atoms with Gasteiger partial charge in [0.25, 0.3) is 0 Å². The zero-order valence-electron chi connectivity index (χ0n) is 8.01. The third kappa shape index (κ3) is 2.49. The zero-order chi connectivity index (χ0) is 9.97. The normalized spacial score (nSPS) is 9.47. The van der Waals surface area contributed by atoms with Gasteiger partial charge < -0.3 is 5.32 Å². The van der Waals surface area contributed by atoms with Gasteiger partial charge in [0.2, 0.25) is 0 Å². The topological polar surface area (TPSA) is 42.7 Å². The Balaban J connectivity index is 0.00000112. The Labute approximate surface area is 102 Å². The smallest absolute Gasteiger partial charge is 0.151 e. The lowest BCUT2D eigenvalue weighted by molar-refractivity contribution is 0.864. The van der Waals surface area contributed by atoms with Crippen molar-refractivity contribution in [1.82, 2.24) is 14.8 Å². The molecule has 0 aliphatic rings. The van der Waals surface area contributed by atoms with Gasteiger partial charge in [-0.3, -0.25) is 4.98 Å². The van der Waals surface area contributed by atoms with E-state index in [1.54, 1.807) is 17.1 Å². The van der Waals surface area contributed by atoms with Gasteiger partial charge in [0.15, 0.2) is 4.60 Å². The molecule has 0 radical (unpaired) electrons. The zero-order valence-corrected chi connectivity index (χ0v) is 10.4. The fourth-order valence-electron chi connectivity index (χ4n) is 1.14. The monoisotopic (exact) mass is 288 g/mol. The molecule has 0 amide bonds. The highest BCUT2D eigenvalue weighted by atomic mass is 79.9. The van der Waals surface area contributed by atoms with Crippen molar-refractivity contribution in [1.29, 1.82) is 0 Å². The molecule has 2 heterocycles. The molecule has 0 saturated heterocycles. The van der Waals surface area contributed by atoms with E-state index in [0.717, 1.165) is 16.0 Å². The minimum Gasteiger partial charge on any atom is -0.385 e. The van der Waals surface area contributed by atoms with Gasteiger partial charge in [0.05, 0.1) is 23.8 Å². The Morgan fingerprint density at radius 2 is 2.27 bits per heavy atom. The Morgan fingerprint density at radius 3 is 2.80 bits per heavy atom. The number of nitrogens with one attached hydrogen (secondary N) is 1. The molecule has 0 aromatic carbocycles. The van der Waals surface area contributed by atoms with Crippen LogP contribution in [0.25, 0.3) is 5.69 Å². The molecular weight excluding hydrogens is 279 g/mol. The van der Waals surface area contributed by atoms with Crippen molar-refractivity contribution in [2.75, 3.05) is 12.4 Å². The van der Waals surface area contributed by atoms with E-state index in [-0.39, 0.29) is 12.4 Å². The van der Waals surface area contributed by atoms with Gasteiger partial charge in [-0.05, 0) is 28.1 Å². The maximum atomic E-state index is 4.28. The Hall–Kier alpha value is -1.07. The summed E-state index contributed by atoms with van der Waals surface area (Å²) in [6.45, 7) is 0. The quantitative estimate of drug-likeness (QED) is 0.923. The van der Waals surface area contributed by atoms with Crippen LogP contribution in [0.15, 0.2) is 35.3 Å². The van der Waals surface area contributed by atoms with Crippen LogP contribution in [0.3, 0.4) is 0 Å². The van der Waals surface area contributed by atoms with Crippen LogP contribution in [0.2, 0.25) is 0 Å².